The molecule has 0 fully saturated rings. The summed E-state index contributed by atoms with van der Waals surface area (Å²) in [4.78, 5) is 44.7. The van der Waals surface area contributed by atoms with Gasteiger partial charge in [-0.3, -0.25) is 9.59 Å². The largest absolute Gasteiger partial charge is 0.460 e. The Morgan fingerprint density at radius 3 is 1.14 bits per heavy atom. The fourth-order valence-corrected chi connectivity index (χ4v) is 2.18. The molecule has 0 radical (unpaired) electrons. The van der Waals surface area contributed by atoms with Crippen LogP contribution < -0.4 is 0 Å². The Morgan fingerprint density at radius 1 is 0.514 bits per heavy atom. The molecular weight excluding hydrogens is 476 g/mol. The number of rotatable bonds is 9. The van der Waals surface area contributed by atoms with Gasteiger partial charge >= 0.3 is 11.9 Å². The van der Waals surface area contributed by atoms with Crippen LogP contribution in [0.5, 0.6) is 0 Å². The second kappa shape index (κ2) is 25.7. The van der Waals surface area contributed by atoms with Crippen molar-refractivity contribution in [2.24, 2.45) is 0 Å². The number of benzene rings is 2. The molecule has 0 spiro atoms. The molecular formula is C29H50O8. The van der Waals surface area contributed by atoms with Crippen molar-refractivity contribution >= 4 is 23.5 Å². The third-order valence-corrected chi connectivity index (χ3v) is 3.88. The van der Waals surface area contributed by atoms with Gasteiger partial charge in [-0.15, -0.1) is 0 Å². The fourth-order valence-electron chi connectivity index (χ4n) is 2.18. The molecule has 0 unspecified atom stereocenters. The van der Waals surface area contributed by atoms with Gasteiger partial charge in [-0.1, -0.05) is 68.8 Å². The van der Waals surface area contributed by atoms with Gasteiger partial charge in [0.05, 0.1) is 17.7 Å². The van der Waals surface area contributed by atoms with E-state index in [0.717, 1.165) is 0 Å². The van der Waals surface area contributed by atoms with Gasteiger partial charge in [0.15, 0.2) is 18.4 Å². The summed E-state index contributed by atoms with van der Waals surface area (Å²) in [5, 5.41) is 0. The lowest BCUT2D eigenvalue weighted by Gasteiger charge is -2.04. The van der Waals surface area contributed by atoms with Gasteiger partial charge in [0.1, 0.15) is 6.61 Å². The van der Waals surface area contributed by atoms with E-state index in [2.05, 4.69) is 4.74 Å². The van der Waals surface area contributed by atoms with E-state index in [4.69, 9.17) is 14.2 Å². The number of ketones is 2. The minimum absolute atomic E-state index is 0. The van der Waals surface area contributed by atoms with E-state index >= 15 is 0 Å². The predicted molar refractivity (Wildman–Crippen MR) is 153 cm³/mol. The maximum Gasteiger partial charge on any atom is 0.340 e. The first-order valence-corrected chi connectivity index (χ1v) is 9.34. The summed E-state index contributed by atoms with van der Waals surface area (Å²) in [6.45, 7) is 3.47. The molecule has 0 N–H and O–H groups in total. The predicted octanol–water partition coefficient (Wildman–Crippen LogP) is 7.16. The van der Waals surface area contributed by atoms with Crippen molar-refractivity contribution in [1.82, 2.24) is 0 Å². The summed E-state index contributed by atoms with van der Waals surface area (Å²) in [5.74, 6) is -0.940. The molecule has 8 nitrogen and oxygen atoms in total. The Balaban J connectivity index is -0.000000112. The van der Waals surface area contributed by atoms with Crippen molar-refractivity contribution in [2.75, 3.05) is 34.2 Å². The highest BCUT2D eigenvalue weighted by molar-refractivity contribution is 5.96. The van der Waals surface area contributed by atoms with Crippen molar-refractivity contribution in [1.29, 1.82) is 0 Å². The molecule has 2 rings (SSSR count). The highest BCUT2D eigenvalue weighted by Gasteiger charge is 2.08. The van der Waals surface area contributed by atoms with E-state index < -0.39 is 11.9 Å². The van der Waals surface area contributed by atoms with Crippen LogP contribution in [0.2, 0.25) is 0 Å². The number of methoxy groups -OCH3 is 2. The summed E-state index contributed by atoms with van der Waals surface area (Å²) in [7, 11) is 2.97. The molecule has 0 aliphatic heterocycles. The van der Waals surface area contributed by atoms with E-state index in [9.17, 15) is 19.2 Å². The molecule has 0 aliphatic rings. The summed E-state index contributed by atoms with van der Waals surface area (Å²) >= 11 is 0. The van der Waals surface area contributed by atoms with E-state index in [1.54, 1.807) is 48.5 Å². The minimum Gasteiger partial charge on any atom is -0.460 e. The SMILES string of the molecule is C.C.C.C.C.C.COCCOC(=O)c1ccc(C(C)=O)cc1.COCOC(=O)c1ccc(C(C)=O)cc1. The van der Waals surface area contributed by atoms with Gasteiger partial charge in [-0.05, 0) is 38.1 Å². The van der Waals surface area contributed by atoms with Gasteiger partial charge in [-0.25, -0.2) is 9.59 Å². The second-order valence-electron chi connectivity index (χ2n) is 6.23. The number of carbonyl (C=O) groups is 4. The van der Waals surface area contributed by atoms with Crippen LogP contribution in [-0.2, 0) is 18.9 Å². The molecule has 2 aromatic rings. The highest BCUT2D eigenvalue weighted by atomic mass is 16.7. The number of esters is 2. The quantitative estimate of drug-likeness (QED) is 0.147. The Hall–Kier alpha value is -3.36. The molecule has 214 valence electrons. The maximum atomic E-state index is 11.4. The number of ether oxygens (including phenoxy) is 4. The summed E-state index contributed by atoms with van der Waals surface area (Å²) in [5.41, 5.74) is 1.98. The second-order valence-corrected chi connectivity index (χ2v) is 6.23. The van der Waals surface area contributed by atoms with Crippen LogP contribution in [0, 0.1) is 0 Å². The van der Waals surface area contributed by atoms with Crippen molar-refractivity contribution < 1.29 is 38.1 Å². The zero-order valence-electron chi connectivity index (χ0n) is 18.0. The lowest BCUT2D eigenvalue weighted by molar-refractivity contribution is -0.0125. The average Bonchev–Trinajstić information content (AvgIpc) is 2.78. The maximum absolute atomic E-state index is 11.4. The van der Waals surface area contributed by atoms with Gasteiger partial charge in [0.25, 0.3) is 0 Å². The molecule has 2 aromatic carbocycles. The van der Waals surface area contributed by atoms with Crippen molar-refractivity contribution in [3.63, 3.8) is 0 Å². The molecule has 8 heteroatoms. The molecule has 0 saturated carbocycles. The fraction of sp³-hybridized carbons (Fsp3) is 0.448. The van der Waals surface area contributed by atoms with E-state index in [0.29, 0.717) is 28.9 Å². The van der Waals surface area contributed by atoms with Gasteiger partial charge in [0.2, 0.25) is 0 Å². The van der Waals surface area contributed by atoms with Crippen LogP contribution >= 0.6 is 0 Å². The van der Waals surface area contributed by atoms with E-state index in [1.807, 2.05) is 0 Å². The normalized spacial score (nSPS) is 8.22. The third kappa shape index (κ3) is 17.7. The van der Waals surface area contributed by atoms with Crippen LogP contribution in [0.25, 0.3) is 0 Å². The molecule has 0 bridgehead atoms. The van der Waals surface area contributed by atoms with Crippen LogP contribution in [0.4, 0.5) is 0 Å². The molecule has 0 aromatic heterocycles. The van der Waals surface area contributed by atoms with Crippen LogP contribution in [0.1, 0.15) is 99.8 Å². The van der Waals surface area contributed by atoms with Crippen molar-refractivity contribution in [3.8, 4) is 0 Å². The van der Waals surface area contributed by atoms with Crippen LogP contribution in [0.15, 0.2) is 48.5 Å². The molecule has 0 atom stereocenters. The van der Waals surface area contributed by atoms with Gasteiger partial charge in [-0.2, -0.15) is 0 Å². The topological polar surface area (TPSA) is 105 Å². The number of Topliss-reactive ketones (excluding diaryl/α,β-unsaturated/α-hetero) is 2. The molecule has 0 heterocycles. The summed E-state index contributed by atoms with van der Waals surface area (Å²) in [6, 6.07) is 12.6. The molecule has 0 saturated heterocycles. The zero-order valence-corrected chi connectivity index (χ0v) is 18.0. The van der Waals surface area contributed by atoms with E-state index in [-0.39, 0.29) is 69.5 Å². The standard InChI is InChI=1S/C12H14O4.C11H12O4.6CH4/c1-9(13)10-3-5-11(6-4-10)12(14)16-8-7-15-2;1-8(12)9-3-5-10(6-4-9)11(13)15-7-14-2;;;;;;/h3-6H,7-8H2,1-2H3;3-6H,7H2,1-2H3;6*1H4. The van der Waals surface area contributed by atoms with Crippen LogP contribution in [-0.4, -0.2) is 57.7 Å². The smallest absolute Gasteiger partial charge is 0.340 e. The summed E-state index contributed by atoms with van der Waals surface area (Å²) in [6.07, 6.45) is 0. The van der Waals surface area contributed by atoms with Gasteiger partial charge < -0.3 is 18.9 Å². The number of carbonyl (C=O) groups excluding carboxylic acids is 4. The zero-order chi connectivity index (χ0) is 23.2. The Kier molecular flexibility index (Phi) is 32.6. The summed E-state index contributed by atoms with van der Waals surface area (Å²) < 4.78 is 19.0. The van der Waals surface area contributed by atoms with Crippen molar-refractivity contribution in [3.05, 3.63) is 70.8 Å². The molecule has 0 aliphatic carbocycles. The number of hydrogen-bond acceptors (Lipinski definition) is 8. The lowest BCUT2D eigenvalue weighted by atomic mass is 10.1. The Bertz CT molecular complexity index is 872. The van der Waals surface area contributed by atoms with Gasteiger partial charge in [0, 0.05) is 25.3 Å². The first-order chi connectivity index (χ1) is 14.8. The molecule has 0 amide bonds. The lowest BCUT2D eigenvalue weighted by Crippen LogP contribution is -2.10. The number of hydrogen-bond donors (Lipinski definition) is 0. The average molecular weight is 527 g/mol. The van der Waals surface area contributed by atoms with Crippen LogP contribution in [0.3, 0.4) is 0 Å². The molecule has 37 heavy (non-hydrogen) atoms. The van der Waals surface area contributed by atoms with E-state index in [1.165, 1.54) is 28.1 Å². The minimum atomic E-state index is -0.466. The highest BCUT2D eigenvalue weighted by Crippen LogP contribution is 2.07. The first kappa shape index (κ1) is 46.9. The van der Waals surface area contributed by atoms with Crippen molar-refractivity contribution in [2.45, 2.75) is 58.4 Å². The Morgan fingerprint density at radius 2 is 0.838 bits per heavy atom. The Labute approximate surface area is 225 Å². The first-order valence-electron chi connectivity index (χ1n) is 9.34. The monoisotopic (exact) mass is 526 g/mol. The third-order valence-electron chi connectivity index (χ3n) is 3.88.